The summed E-state index contributed by atoms with van der Waals surface area (Å²) < 4.78 is 26.7. The zero-order valence-electron chi connectivity index (χ0n) is 14.5. The lowest BCUT2D eigenvalue weighted by atomic mass is 10.2. The molecule has 26 heavy (non-hydrogen) atoms. The van der Waals surface area contributed by atoms with Gasteiger partial charge in [-0.25, -0.2) is 8.42 Å². The van der Waals surface area contributed by atoms with Crippen molar-refractivity contribution in [3.8, 4) is 0 Å². The van der Waals surface area contributed by atoms with Crippen molar-refractivity contribution >= 4 is 21.6 Å². The molecule has 1 heterocycles. The number of nitro benzene ring substituents is 1. The third-order valence-electron chi connectivity index (χ3n) is 4.29. The summed E-state index contributed by atoms with van der Waals surface area (Å²) in [5.41, 5.74) is -0.266. The Hall–Kier alpha value is -2.30. The van der Waals surface area contributed by atoms with Gasteiger partial charge < -0.3 is 5.32 Å². The molecule has 2 rings (SSSR count). The maximum Gasteiger partial charge on any atom is 0.270 e. The van der Waals surface area contributed by atoms with Gasteiger partial charge in [0.05, 0.1) is 15.9 Å². The van der Waals surface area contributed by atoms with Crippen LogP contribution in [0.5, 0.6) is 0 Å². The van der Waals surface area contributed by atoms with Crippen molar-refractivity contribution < 1.29 is 18.1 Å². The Morgan fingerprint density at radius 2 is 2.04 bits per heavy atom. The van der Waals surface area contributed by atoms with E-state index in [2.05, 4.69) is 11.9 Å². The predicted molar refractivity (Wildman–Crippen MR) is 96.1 cm³/mol. The second-order valence-corrected chi connectivity index (χ2v) is 7.84. The molecule has 0 spiro atoms. The number of non-ortho nitro benzene ring substituents is 1. The first kappa shape index (κ1) is 20.0. The Kier molecular flexibility index (Phi) is 6.46. The van der Waals surface area contributed by atoms with Gasteiger partial charge in [-0.05, 0) is 13.0 Å². The zero-order chi connectivity index (χ0) is 19.3. The van der Waals surface area contributed by atoms with E-state index in [1.54, 1.807) is 13.0 Å². The third-order valence-corrected chi connectivity index (χ3v) is 6.18. The normalized spacial score (nSPS) is 17.4. The van der Waals surface area contributed by atoms with E-state index in [1.807, 2.05) is 4.90 Å². The smallest absolute Gasteiger partial charge is 0.270 e. The molecule has 1 aliphatic rings. The monoisotopic (exact) mass is 382 g/mol. The van der Waals surface area contributed by atoms with Crippen LogP contribution in [0.1, 0.15) is 6.92 Å². The number of piperazine rings is 1. The number of hydrogen-bond acceptors (Lipinski definition) is 6. The lowest BCUT2D eigenvalue weighted by molar-refractivity contribution is -0.385. The van der Waals surface area contributed by atoms with Crippen LogP contribution in [-0.4, -0.2) is 67.2 Å². The minimum Gasteiger partial charge on any atom is -0.351 e. The standard InChI is InChI=1S/C16H22N4O5S/c1-3-7-17-16(21)13(2)18-8-10-19(11-9-18)26(24,25)15-6-4-5-14(12-15)20(22)23/h3-6,12-13H,1,7-11H2,2H3,(H,17,21). The molecule has 1 aromatic carbocycles. The molecule has 0 aliphatic carbocycles. The van der Waals surface area contributed by atoms with Gasteiger partial charge in [0.1, 0.15) is 0 Å². The second-order valence-electron chi connectivity index (χ2n) is 5.90. The van der Waals surface area contributed by atoms with Crippen molar-refractivity contribution in [2.45, 2.75) is 17.9 Å². The molecule has 1 unspecified atom stereocenters. The van der Waals surface area contributed by atoms with E-state index in [0.29, 0.717) is 19.6 Å². The molecule has 9 nitrogen and oxygen atoms in total. The number of rotatable bonds is 7. The zero-order valence-corrected chi connectivity index (χ0v) is 15.3. The highest BCUT2D eigenvalue weighted by molar-refractivity contribution is 7.89. The minimum absolute atomic E-state index is 0.100. The molecule has 1 atom stereocenters. The lowest BCUT2D eigenvalue weighted by Gasteiger charge is -2.36. The van der Waals surface area contributed by atoms with Crippen LogP contribution in [-0.2, 0) is 14.8 Å². The van der Waals surface area contributed by atoms with Crippen LogP contribution in [0.4, 0.5) is 5.69 Å². The number of carbonyl (C=O) groups is 1. The van der Waals surface area contributed by atoms with E-state index in [0.717, 1.165) is 6.07 Å². The number of hydrogen-bond donors (Lipinski definition) is 1. The summed E-state index contributed by atoms with van der Waals surface area (Å²) >= 11 is 0. The fourth-order valence-electron chi connectivity index (χ4n) is 2.72. The van der Waals surface area contributed by atoms with Gasteiger partial charge in [-0.15, -0.1) is 6.58 Å². The van der Waals surface area contributed by atoms with Crippen LogP contribution in [0, 0.1) is 10.1 Å². The van der Waals surface area contributed by atoms with Crippen LogP contribution in [0.2, 0.25) is 0 Å². The van der Waals surface area contributed by atoms with Crippen molar-refractivity contribution in [2.24, 2.45) is 0 Å². The highest BCUT2D eigenvalue weighted by Crippen LogP contribution is 2.22. The van der Waals surface area contributed by atoms with Crippen molar-refractivity contribution in [1.82, 2.24) is 14.5 Å². The first-order valence-corrected chi connectivity index (χ1v) is 9.58. The van der Waals surface area contributed by atoms with E-state index in [4.69, 9.17) is 0 Å². The average molecular weight is 382 g/mol. The van der Waals surface area contributed by atoms with Gasteiger partial charge in [0.25, 0.3) is 5.69 Å². The van der Waals surface area contributed by atoms with Crippen molar-refractivity contribution in [3.63, 3.8) is 0 Å². The molecule has 1 saturated heterocycles. The molecule has 1 N–H and O–H groups in total. The van der Waals surface area contributed by atoms with Crippen LogP contribution in [0.25, 0.3) is 0 Å². The van der Waals surface area contributed by atoms with E-state index >= 15 is 0 Å². The fourth-order valence-corrected chi connectivity index (χ4v) is 4.19. The molecule has 1 fully saturated rings. The maximum absolute atomic E-state index is 12.7. The Balaban J connectivity index is 2.04. The molecule has 10 heteroatoms. The van der Waals surface area contributed by atoms with Gasteiger partial charge in [-0.1, -0.05) is 12.1 Å². The van der Waals surface area contributed by atoms with Crippen LogP contribution >= 0.6 is 0 Å². The summed E-state index contributed by atoms with van der Waals surface area (Å²) in [5.74, 6) is -0.139. The number of nitrogens with one attached hydrogen (secondary N) is 1. The van der Waals surface area contributed by atoms with E-state index in [1.165, 1.54) is 22.5 Å². The summed E-state index contributed by atoms with van der Waals surface area (Å²) in [5, 5.41) is 13.6. The van der Waals surface area contributed by atoms with Crippen molar-refractivity contribution in [3.05, 3.63) is 47.0 Å². The summed E-state index contributed by atoms with van der Waals surface area (Å²) in [6.45, 7) is 6.91. The largest absolute Gasteiger partial charge is 0.351 e. The van der Waals surface area contributed by atoms with Crippen molar-refractivity contribution in [2.75, 3.05) is 32.7 Å². The molecule has 142 valence electrons. The maximum atomic E-state index is 12.7. The quantitative estimate of drug-likeness (QED) is 0.420. The third kappa shape index (κ3) is 4.45. The fraction of sp³-hybridized carbons (Fsp3) is 0.438. The van der Waals surface area contributed by atoms with Gasteiger partial charge in [0.2, 0.25) is 15.9 Å². The summed E-state index contributed by atoms with van der Waals surface area (Å²) in [4.78, 5) is 24.0. The van der Waals surface area contributed by atoms with Gasteiger partial charge >= 0.3 is 0 Å². The Labute approximate surface area is 152 Å². The van der Waals surface area contributed by atoms with E-state index in [9.17, 15) is 23.3 Å². The predicted octanol–water partition coefficient (Wildman–Crippen LogP) is 0.592. The van der Waals surface area contributed by atoms with E-state index in [-0.39, 0.29) is 35.6 Å². The summed E-state index contributed by atoms with van der Waals surface area (Å²) in [6, 6.07) is 4.64. The second kappa shape index (κ2) is 8.39. The molecule has 0 bridgehead atoms. The molecule has 0 aromatic heterocycles. The van der Waals surface area contributed by atoms with Gasteiger partial charge in [-0.2, -0.15) is 4.31 Å². The number of benzene rings is 1. The summed E-state index contributed by atoms with van der Waals surface area (Å²) in [7, 11) is -3.81. The molecule has 1 aromatic rings. The first-order valence-electron chi connectivity index (χ1n) is 8.14. The molecule has 1 aliphatic heterocycles. The molecular formula is C16H22N4O5S. The van der Waals surface area contributed by atoms with Gasteiger partial charge in [-0.3, -0.25) is 19.8 Å². The first-order chi connectivity index (χ1) is 12.3. The Morgan fingerprint density at radius 3 is 2.62 bits per heavy atom. The molecule has 0 saturated carbocycles. The number of amides is 1. The number of carbonyl (C=O) groups excluding carboxylic acids is 1. The Morgan fingerprint density at radius 1 is 1.38 bits per heavy atom. The number of nitro groups is 1. The molecule has 1 amide bonds. The molecule has 0 radical (unpaired) electrons. The van der Waals surface area contributed by atoms with Crippen LogP contribution < -0.4 is 5.32 Å². The van der Waals surface area contributed by atoms with Crippen molar-refractivity contribution in [1.29, 1.82) is 0 Å². The highest BCUT2D eigenvalue weighted by atomic mass is 32.2. The SMILES string of the molecule is C=CCNC(=O)C(C)N1CCN(S(=O)(=O)c2cccc([N+](=O)[O-])c2)CC1. The van der Waals surface area contributed by atoms with Crippen LogP contribution in [0.15, 0.2) is 41.8 Å². The minimum atomic E-state index is -3.81. The number of sulfonamides is 1. The lowest BCUT2D eigenvalue weighted by Crippen LogP contribution is -2.54. The highest BCUT2D eigenvalue weighted by Gasteiger charge is 2.32. The summed E-state index contributed by atoms with van der Waals surface area (Å²) in [6.07, 6.45) is 1.59. The van der Waals surface area contributed by atoms with Gasteiger partial charge in [0.15, 0.2) is 0 Å². The van der Waals surface area contributed by atoms with E-state index < -0.39 is 14.9 Å². The topological polar surface area (TPSA) is 113 Å². The molecular weight excluding hydrogens is 360 g/mol. The number of nitrogens with zero attached hydrogens (tertiary/aromatic N) is 3. The Bertz CT molecular complexity index is 788. The van der Waals surface area contributed by atoms with Gasteiger partial charge in [0, 0.05) is 44.9 Å². The average Bonchev–Trinajstić information content (AvgIpc) is 2.65. The van der Waals surface area contributed by atoms with Crippen LogP contribution in [0.3, 0.4) is 0 Å².